The van der Waals surface area contributed by atoms with E-state index >= 15 is 0 Å². The van der Waals surface area contributed by atoms with Gasteiger partial charge in [-0.2, -0.15) is 0 Å². The SMILES string of the molecule is O=C(O)CC1CCCN1C(=O)Cn1ccc2ccc(Cl)cc21. The average Bonchev–Trinajstić information content (AvgIpc) is 3.05. The summed E-state index contributed by atoms with van der Waals surface area (Å²) in [5.41, 5.74) is 0.912. The second kappa shape index (κ2) is 6.01. The van der Waals surface area contributed by atoms with Gasteiger partial charge in [-0.1, -0.05) is 17.7 Å². The van der Waals surface area contributed by atoms with E-state index in [0.29, 0.717) is 11.6 Å². The molecule has 0 aliphatic carbocycles. The Morgan fingerprint density at radius 1 is 1.32 bits per heavy atom. The van der Waals surface area contributed by atoms with Crippen molar-refractivity contribution < 1.29 is 14.7 Å². The number of amides is 1. The van der Waals surface area contributed by atoms with Crippen molar-refractivity contribution in [3.63, 3.8) is 0 Å². The fourth-order valence-corrected chi connectivity index (χ4v) is 3.28. The Kier molecular flexibility index (Phi) is 4.07. The zero-order chi connectivity index (χ0) is 15.7. The predicted octanol–water partition coefficient (Wildman–Crippen LogP) is 2.76. The second-order valence-electron chi connectivity index (χ2n) is 5.63. The maximum absolute atomic E-state index is 12.5. The van der Waals surface area contributed by atoms with Crippen LogP contribution in [0.15, 0.2) is 30.5 Å². The molecule has 1 aliphatic rings. The van der Waals surface area contributed by atoms with Crippen molar-refractivity contribution in [1.82, 2.24) is 9.47 Å². The number of nitrogens with zero attached hydrogens (tertiary/aromatic N) is 2. The van der Waals surface area contributed by atoms with Gasteiger partial charge >= 0.3 is 5.97 Å². The Hall–Kier alpha value is -2.01. The molecule has 1 aromatic carbocycles. The van der Waals surface area contributed by atoms with E-state index in [4.69, 9.17) is 16.7 Å². The smallest absolute Gasteiger partial charge is 0.305 e. The molecule has 0 spiro atoms. The van der Waals surface area contributed by atoms with E-state index in [1.54, 1.807) is 4.90 Å². The maximum Gasteiger partial charge on any atom is 0.305 e. The van der Waals surface area contributed by atoms with Crippen LogP contribution in [-0.2, 0) is 16.1 Å². The molecule has 3 rings (SSSR count). The molecule has 116 valence electrons. The fourth-order valence-electron chi connectivity index (χ4n) is 3.11. The molecule has 0 radical (unpaired) electrons. The van der Waals surface area contributed by atoms with Gasteiger partial charge in [0, 0.05) is 29.3 Å². The van der Waals surface area contributed by atoms with E-state index in [-0.39, 0.29) is 24.9 Å². The highest BCUT2D eigenvalue weighted by Gasteiger charge is 2.30. The number of fused-ring (bicyclic) bond motifs is 1. The van der Waals surface area contributed by atoms with E-state index < -0.39 is 5.97 Å². The largest absolute Gasteiger partial charge is 0.481 e. The number of rotatable bonds is 4. The van der Waals surface area contributed by atoms with Crippen LogP contribution in [0.25, 0.3) is 10.9 Å². The number of benzene rings is 1. The van der Waals surface area contributed by atoms with Gasteiger partial charge in [-0.15, -0.1) is 0 Å². The van der Waals surface area contributed by atoms with Crippen LogP contribution < -0.4 is 0 Å². The average molecular weight is 321 g/mol. The molecule has 1 atom stereocenters. The number of hydrogen-bond donors (Lipinski definition) is 1. The summed E-state index contributed by atoms with van der Waals surface area (Å²) in [6.45, 7) is 0.844. The van der Waals surface area contributed by atoms with Crippen molar-refractivity contribution in [3.8, 4) is 0 Å². The number of carboxylic acids is 1. The minimum atomic E-state index is -0.858. The number of aromatic nitrogens is 1. The molecule has 1 fully saturated rings. The summed E-state index contributed by atoms with van der Waals surface area (Å²) in [5.74, 6) is -0.899. The van der Waals surface area contributed by atoms with Gasteiger partial charge in [-0.25, -0.2) is 0 Å². The molecule has 0 bridgehead atoms. The molecule has 5 nitrogen and oxygen atoms in total. The molecular weight excluding hydrogens is 304 g/mol. The van der Waals surface area contributed by atoms with Crippen molar-refractivity contribution in [1.29, 1.82) is 0 Å². The van der Waals surface area contributed by atoms with Gasteiger partial charge < -0.3 is 14.6 Å². The zero-order valence-electron chi connectivity index (χ0n) is 12.0. The Balaban J connectivity index is 1.78. The normalized spacial score (nSPS) is 18.0. The van der Waals surface area contributed by atoms with Crippen LogP contribution in [0.2, 0.25) is 5.02 Å². The van der Waals surface area contributed by atoms with E-state index in [2.05, 4.69) is 0 Å². The van der Waals surface area contributed by atoms with Crippen LogP contribution in [-0.4, -0.2) is 39.0 Å². The highest BCUT2D eigenvalue weighted by molar-refractivity contribution is 6.31. The Labute approximate surface area is 133 Å². The summed E-state index contributed by atoms with van der Waals surface area (Å²) in [4.78, 5) is 25.1. The summed E-state index contributed by atoms with van der Waals surface area (Å²) >= 11 is 6.02. The monoisotopic (exact) mass is 320 g/mol. The Morgan fingerprint density at radius 2 is 2.14 bits per heavy atom. The lowest BCUT2D eigenvalue weighted by Crippen LogP contribution is -2.38. The summed E-state index contributed by atoms with van der Waals surface area (Å²) in [6, 6.07) is 7.33. The summed E-state index contributed by atoms with van der Waals surface area (Å²) in [7, 11) is 0. The van der Waals surface area contributed by atoms with E-state index in [0.717, 1.165) is 23.7 Å². The summed E-state index contributed by atoms with van der Waals surface area (Å²) < 4.78 is 1.86. The Bertz CT molecular complexity index is 725. The second-order valence-corrected chi connectivity index (χ2v) is 6.06. The topological polar surface area (TPSA) is 62.5 Å². The van der Waals surface area contributed by atoms with Crippen molar-refractivity contribution >= 4 is 34.4 Å². The molecule has 1 N–H and O–H groups in total. The zero-order valence-corrected chi connectivity index (χ0v) is 12.8. The van der Waals surface area contributed by atoms with Crippen molar-refractivity contribution in [2.45, 2.75) is 31.8 Å². The molecule has 1 saturated heterocycles. The van der Waals surface area contributed by atoms with Gasteiger partial charge in [-0.3, -0.25) is 9.59 Å². The first-order valence-corrected chi connectivity index (χ1v) is 7.68. The molecule has 0 saturated carbocycles. The maximum atomic E-state index is 12.5. The van der Waals surface area contributed by atoms with E-state index in [1.165, 1.54) is 0 Å². The first-order chi connectivity index (χ1) is 10.5. The van der Waals surface area contributed by atoms with Crippen molar-refractivity contribution in [3.05, 3.63) is 35.5 Å². The quantitative estimate of drug-likeness (QED) is 0.942. The van der Waals surface area contributed by atoms with Crippen LogP contribution in [0, 0.1) is 0 Å². The van der Waals surface area contributed by atoms with Gasteiger partial charge in [0.15, 0.2) is 0 Å². The molecule has 1 unspecified atom stereocenters. The van der Waals surface area contributed by atoms with Gasteiger partial charge in [0.25, 0.3) is 0 Å². The van der Waals surface area contributed by atoms with Gasteiger partial charge in [0.2, 0.25) is 5.91 Å². The third-order valence-electron chi connectivity index (χ3n) is 4.15. The molecule has 1 aromatic heterocycles. The van der Waals surface area contributed by atoms with Crippen molar-refractivity contribution in [2.24, 2.45) is 0 Å². The van der Waals surface area contributed by atoms with E-state index in [1.807, 2.05) is 35.0 Å². The number of aliphatic carboxylic acids is 1. The van der Waals surface area contributed by atoms with Crippen LogP contribution in [0.3, 0.4) is 0 Å². The third-order valence-corrected chi connectivity index (χ3v) is 4.38. The molecule has 1 amide bonds. The first-order valence-electron chi connectivity index (χ1n) is 7.30. The molecule has 2 heterocycles. The fraction of sp³-hybridized carbons (Fsp3) is 0.375. The number of carbonyl (C=O) groups excluding carboxylic acids is 1. The lowest BCUT2D eigenvalue weighted by atomic mass is 10.1. The van der Waals surface area contributed by atoms with Crippen LogP contribution in [0.4, 0.5) is 0 Å². The summed E-state index contributed by atoms with van der Waals surface area (Å²) in [6.07, 6.45) is 3.50. The Morgan fingerprint density at radius 3 is 2.91 bits per heavy atom. The number of likely N-dealkylation sites (tertiary alicyclic amines) is 1. The molecule has 22 heavy (non-hydrogen) atoms. The minimum Gasteiger partial charge on any atom is -0.481 e. The number of carboxylic acid groups (broad SMARTS) is 1. The lowest BCUT2D eigenvalue weighted by Gasteiger charge is -2.24. The minimum absolute atomic E-state index is 0.0179. The molecular formula is C16H17ClN2O3. The number of hydrogen-bond acceptors (Lipinski definition) is 2. The molecule has 1 aliphatic heterocycles. The lowest BCUT2D eigenvalue weighted by molar-refractivity contribution is -0.140. The van der Waals surface area contributed by atoms with Gasteiger partial charge in [0.1, 0.15) is 6.54 Å². The van der Waals surface area contributed by atoms with Crippen molar-refractivity contribution in [2.75, 3.05) is 6.54 Å². The predicted molar refractivity (Wildman–Crippen MR) is 83.9 cm³/mol. The van der Waals surface area contributed by atoms with Crippen LogP contribution in [0.1, 0.15) is 19.3 Å². The highest BCUT2D eigenvalue weighted by Crippen LogP contribution is 2.23. The van der Waals surface area contributed by atoms with E-state index in [9.17, 15) is 9.59 Å². The standard InChI is InChI=1S/C16H17ClN2O3/c17-12-4-3-11-5-7-18(14(11)8-12)10-15(20)19-6-1-2-13(19)9-16(21)22/h3-5,7-8,13H,1-2,6,9-10H2,(H,21,22). The van der Waals surface area contributed by atoms with Crippen LogP contribution in [0.5, 0.6) is 0 Å². The van der Waals surface area contributed by atoms with Gasteiger partial charge in [0.05, 0.1) is 6.42 Å². The highest BCUT2D eigenvalue weighted by atomic mass is 35.5. The molecule has 6 heteroatoms. The first kappa shape index (κ1) is 14.9. The summed E-state index contributed by atoms with van der Waals surface area (Å²) in [5, 5.41) is 10.6. The van der Waals surface area contributed by atoms with Gasteiger partial charge in [-0.05, 0) is 36.4 Å². The van der Waals surface area contributed by atoms with Crippen LogP contribution >= 0.6 is 11.6 Å². The molecule has 2 aromatic rings. The number of halogens is 1. The third kappa shape index (κ3) is 2.95. The number of carbonyl (C=O) groups is 2.